The van der Waals surface area contributed by atoms with Crippen LogP contribution >= 0.6 is 11.3 Å². The summed E-state index contributed by atoms with van der Waals surface area (Å²) in [5.74, 6) is 0. The Kier molecular flexibility index (Phi) is 7.18. The smallest absolute Gasteiger partial charge is 0.116 e. The number of fused-ring (bicyclic) bond motifs is 1. The van der Waals surface area contributed by atoms with Crippen LogP contribution in [-0.2, 0) is 6.42 Å². The number of pyridine rings is 2. The number of aromatic nitrogens is 5. The Labute approximate surface area is 242 Å². The molecule has 202 valence electrons. The summed E-state index contributed by atoms with van der Waals surface area (Å²) in [5, 5.41) is 14.2. The Morgan fingerprint density at radius 2 is 1.88 bits per heavy atom. The quantitative estimate of drug-likeness (QED) is 0.192. The number of anilines is 1. The van der Waals surface area contributed by atoms with Gasteiger partial charge >= 0.3 is 0 Å². The van der Waals surface area contributed by atoms with E-state index in [1.165, 1.54) is 10.4 Å². The first-order chi connectivity index (χ1) is 20.0. The Morgan fingerprint density at radius 1 is 1.02 bits per heavy atom. The van der Waals surface area contributed by atoms with E-state index in [0.29, 0.717) is 0 Å². The van der Waals surface area contributed by atoms with Crippen LogP contribution in [-0.4, -0.2) is 25.1 Å². The Morgan fingerprint density at radius 3 is 2.66 bits per heavy atom. The zero-order valence-electron chi connectivity index (χ0n) is 23.0. The van der Waals surface area contributed by atoms with Crippen LogP contribution in [0.1, 0.15) is 22.9 Å². The minimum absolute atomic E-state index is 0.736. The second kappa shape index (κ2) is 11.2. The summed E-state index contributed by atoms with van der Waals surface area (Å²) in [5.41, 5.74) is 8.43. The van der Waals surface area contributed by atoms with Gasteiger partial charge in [0.25, 0.3) is 0 Å². The largest absolute Gasteiger partial charge is 0.358 e. The molecule has 0 aliphatic carbocycles. The topological polar surface area (TPSA) is 82.3 Å². The van der Waals surface area contributed by atoms with Crippen LogP contribution in [0.25, 0.3) is 50.6 Å². The van der Waals surface area contributed by atoms with E-state index in [9.17, 15) is 0 Å². The van der Waals surface area contributed by atoms with Crippen molar-refractivity contribution in [1.82, 2.24) is 25.1 Å². The third kappa shape index (κ3) is 5.53. The maximum Gasteiger partial charge on any atom is 0.116 e. The van der Waals surface area contributed by atoms with Gasteiger partial charge in [0.2, 0.25) is 0 Å². The molecule has 0 saturated carbocycles. The Hall–Kier alpha value is -5.01. The first kappa shape index (κ1) is 26.2. The average molecular weight is 555 g/mol. The fourth-order valence-corrected chi connectivity index (χ4v) is 5.79. The predicted octanol–water partition coefficient (Wildman–Crippen LogP) is 6.85. The van der Waals surface area contributed by atoms with E-state index in [1.807, 2.05) is 55.7 Å². The highest BCUT2D eigenvalue weighted by molar-refractivity contribution is 7.15. The van der Waals surface area contributed by atoms with Gasteiger partial charge in [-0.05, 0) is 61.4 Å². The summed E-state index contributed by atoms with van der Waals surface area (Å²) in [6.07, 6.45) is 10.3. The number of aromatic amines is 2. The van der Waals surface area contributed by atoms with Gasteiger partial charge in [0, 0.05) is 51.1 Å². The summed E-state index contributed by atoms with van der Waals surface area (Å²) in [7, 11) is 0. The molecule has 5 heterocycles. The van der Waals surface area contributed by atoms with Gasteiger partial charge in [0.05, 0.1) is 33.5 Å². The maximum absolute atomic E-state index is 4.70. The van der Waals surface area contributed by atoms with Crippen molar-refractivity contribution >= 4 is 45.7 Å². The van der Waals surface area contributed by atoms with Crippen molar-refractivity contribution in [3.63, 3.8) is 0 Å². The number of hydrogen-bond donors (Lipinski definition) is 3. The van der Waals surface area contributed by atoms with Gasteiger partial charge < -0.3 is 10.3 Å². The Balaban J connectivity index is 1.32. The molecule has 6 aromatic rings. The predicted molar refractivity (Wildman–Crippen MR) is 172 cm³/mol. The van der Waals surface area contributed by atoms with Crippen molar-refractivity contribution in [1.29, 1.82) is 0 Å². The fourth-order valence-electron chi connectivity index (χ4n) is 4.91. The molecule has 0 radical (unpaired) electrons. The first-order valence-corrected chi connectivity index (χ1v) is 14.2. The van der Waals surface area contributed by atoms with Crippen molar-refractivity contribution < 1.29 is 0 Å². The van der Waals surface area contributed by atoms with Crippen molar-refractivity contribution in [2.24, 2.45) is 0 Å². The number of nitrogens with one attached hydrogen (secondary N) is 3. The third-order valence-corrected chi connectivity index (χ3v) is 7.92. The van der Waals surface area contributed by atoms with E-state index in [0.717, 1.165) is 72.4 Å². The van der Waals surface area contributed by atoms with Crippen molar-refractivity contribution in [2.75, 3.05) is 5.32 Å². The van der Waals surface area contributed by atoms with Crippen molar-refractivity contribution in [3.05, 3.63) is 125 Å². The minimum atomic E-state index is 0.736. The lowest BCUT2D eigenvalue weighted by atomic mass is 10.1. The van der Waals surface area contributed by atoms with E-state index in [4.69, 9.17) is 4.98 Å². The molecule has 7 heteroatoms. The number of thiophene rings is 1. The monoisotopic (exact) mass is 554 g/mol. The lowest BCUT2D eigenvalue weighted by Crippen LogP contribution is -2.23. The normalized spacial score (nSPS) is 12.2. The van der Waals surface area contributed by atoms with Crippen LogP contribution in [0.5, 0.6) is 0 Å². The molecule has 6 rings (SSSR count). The number of aryl methyl sites for hydroxylation is 1. The molecule has 0 aliphatic heterocycles. The number of rotatable bonds is 8. The van der Waals surface area contributed by atoms with Crippen LogP contribution in [0.4, 0.5) is 5.69 Å². The molecule has 6 nitrogen and oxygen atoms in total. The van der Waals surface area contributed by atoms with Crippen molar-refractivity contribution in [3.8, 4) is 22.0 Å². The second-order valence-corrected chi connectivity index (χ2v) is 11.2. The lowest BCUT2D eigenvalue weighted by Gasteiger charge is -2.11. The van der Waals surface area contributed by atoms with Crippen LogP contribution < -0.4 is 15.9 Å². The molecule has 0 spiro atoms. The van der Waals surface area contributed by atoms with Gasteiger partial charge in [-0.15, -0.1) is 11.3 Å². The van der Waals surface area contributed by atoms with Crippen LogP contribution in [0.15, 0.2) is 98.1 Å². The van der Waals surface area contributed by atoms with Gasteiger partial charge in [-0.25, -0.2) is 0 Å². The summed E-state index contributed by atoms with van der Waals surface area (Å²) >= 11 is 1.75. The zero-order valence-corrected chi connectivity index (χ0v) is 23.8. The van der Waals surface area contributed by atoms with Crippen LogP contribution in [0.3, 0.4) is 0 Å². The minimum Gasteiger partial charge on any atom is -0.358 e. The van der Waals surface area contributed by atoms with Crippen LogP contribution in [0.2, 0.25) is 0 Å². The van der Waals surface area contributed by atoms with E-state index < -0.39 is 0 Å². The Bertz CT molecular complexity index is 2010. The number of nitrogens with zero attached hydrogens (tertiary/aromatic N) is 3. The van der Waals surface area contributed by atoms with E-state index >= 15 is 0 Å². The SMILES string of the molecule is C=C(Cc1ccccc1)Nc1cncc(C(=C)/C=c2/c(-c3cc4c(-c5ccc(C)s5)nccc4[nH]3)n[nH]/c2=C/C)c1. The zero-order chi connectivity index (χ0) is 28.3. The van der Waals surface area contributed by atoms with E-state index in [-0.39, 0.29) is 0 Å². The molecule has 0 atom stereocenters. The van der Waals surface area contributed by atoms with Gasteiger partial charge in [0.1, 0.15) is 5.69 Å². The van der Waals surface area contributed by atoms with Gasteiger partial charge in [-0.1, -0.05) is 49.6 Å². The highest BCUT2D eigenvalue weighted by atomic mass is 32.1. The maximum atomic E-state index is 4.70. The summed E-state index contributed by atoms with van der Waals surface area (Å²) < 4.78 is 0. The molecule has 5 aromatic heterocycles. The van der Waals surface area contributed by atoms with Crippen LogP contribution in [0, 0.1) is 6.92 Å². The van der Waals surface area contributed by atoms with E-state index in [2.05, 4.69) is 82.0 Å². The molecule has 3 N–H and O–H groups in total. The lowest BCUT2D eigenvalue weighted by molar-refractivity contribution is 1.06. The number of hydrogen-bond acceptors (Lipinski definition) is 5. The molecule has 1 aromatic carbocycles. The van der Waals surface area contributed by atoms with Gasteiger partial charge in [0.15, 0.2) is 0 Å². The number of benzene rings is 1. The molecule has 0 bridgehead atoms. The molecular weight excluding hydrogens is 524 g/mol. The standard InChI is InChI=1S/C34H30N6S/c1-5-29-27(15-21(2)25-17-26(20-35-19-25)37-22(3)16-24-9-7-6-8-10-24)33(40-39-29)31-18-28-30(38-31)13-14-36-34(28)32-12-11-23(4)41-32/h5-15,17-20,37-39H,2-3,16H2,1,4H3/b27-15+,29-5+. The molecule has 0 amide bonds. The fraction of sp³-hybridized carbons (Fsp3) is 0.0882. The molecule has 0 aliphatic rings. The van der Waals surface area contributed by atoms with Gasteiger partial charge in [-0.3, -0.25) is 15.1 Å². The summed E-state index contributed by atoms with van der Waals surface area (Å²) in [4.78, 5) is 15.1. The molecule has 0 saturated heterocycles. The molecule has 0 unspecified atom stereocenters. The summed E-state index contributed by atoms with van der Waals surface area (Å²) in [6, 6.07) is 20.7. The first-order valence-electron chi connectivity index (χ1n) is 13.4. The van der Waals surface area contributed by atoms with E-state index in [1.54, 1.807) is 17.5 Å². The third-order valence-electron chi connectivity index (χ3n) is 6.91. The molecule has 0 fully saturated rings. The van der Waals surface area contributed by atoms with Crippen molar-refractivity contribution in [2.45, 2.75) is 20.3 Å². The second-order valence-electron chi connectivity index (χ2n) is 9.93. The molecule has 41 heavy (non-hydrogen) atoms. The average Bonchev–Trinajstić information content (AvgIpc) is 3.71. The molecular formula is C34H30N6S. The highest BCUT2D eigenvalue weighted by Gasteiger charge is 2.14. The van der Waals surface area contributed by atoms with Gasteiger partial charge in [-0.2, -0.15) is 5.10 Å². The number of H-pyrrole nitrogens is 2. The number of allylic oxidation sites excluding steroid dienone is 2. The highest BCUT2D eigenvalue weighted by Crippen LogP contribution is 2.33. The summed E-state index contributed by atoms with van der Waals surface area (Å²) in [6.45, 7) is 12.7.